The molecule has 106 valence electrons. The zero-order valence-corrected chi connectivity index (χ0v) is 13.7. The van der Waals surface area contributed by atoms with Crippen LogP contribution in [0.25, 0.3) is 27.4 Å². The van der Waals surface area contributed by atoms with Gasteiger partial charge in [-0.15, -0.1) is 0 Å². The summed E-state index contributed by atoms with van der Waals surface area (Å²) >= 11 is 5.03. The van der Waals surface area contributed by atoms with Crippen molar-refractivity contribution in [1.82, 2.24) is 14.6 Å². The average Bonchev–Trinajstić information content (AvgIpc) is 3.08. The smallest absolute Gasteiger partial charge is 0.212 e. The number of fused-ring (bicyclic) bond motifs is 2. The number of hydrogen-bond donors (Lipinski definition) is 0. The van der Waals surface area contributed by atoms with Crippen LogP contribution < -0.4 is 4.74 Å². The van der Waals surface area contributed by atoms with Gasteiger partial charge >= 0.3 is 0 Å². The van der Waals surface area contributed by atoms with Gasteiger partial charge in [-0.3, -0.25) is 0 Å². The Balaban J connectivity index is 1.87. The molecule has 0 aliphatic rings. The largest absolute Gasteiger partial charge is 0.495 e. The van der Waals surface area contributed by atoms with Crippen molar-refractivity contribution in [1.29, 1.82) is 0 Å². The van der Waals surface area contributed by atoms with Gasteiger partial charge in [0.1, 0.15) is 22.0 Å². The van der Waals surface area contributed by atoms with Gasteiger partial charge < -0.3 is 9.15 Å². The van der Waals surface area contributed by atoms with Crippen LogP contribution in [-0.4, -0.2) is 21.7 Å². The van der Waals surface area contributed by atoms with Crippen LogP contribution in [0.15, 0.2) is 33.3 Å². The molecule has 5 nitrogen and oxygen atoms in total. The molecule has 0 unspecified atom stereocenters. The van der Waals surface area contributed by atoms with Crippen LogP contribution in [0, 0.1) is 6.92 Å². The van der Waals surface area contributed by atoms with Gasteiger partial charge in [-0.25, -0.2) is 9.50 Å². The van der Waals surface area contributed by atoms with Gasteiger partial charge in [-0.1, -0.05) is 11.3 Å². The van der Waals surface area contributed by atoms with Crippen LogP contribution in [0.3, 0.4) is 0 Å². The van der Waals surface area contributed by atoms with Crippen molar-refractivity contribution in [3.05, 3.63) is 33.9 Å². The SMILES string of the molecule is COc1cc2oc(-c3cn4nc(C)sc4n3)cc2cc1Br. The van der Waals surface area contributed by atoms with E-state index >= 15 is 0 Å². The van der Waals surface area contributed by atoms with Crippen molar-refractivity contribution < 1.29 is 9.15 Å². The number of benzene rings is 1. The third-order valence-corrected chi connectivity index (χ3v) is 4.65. The summed E-state index contributed by atoms with van der Waals surface area (Å²) in [6, 6.07) is 5.81. The van der Waals surface area contributed by atoms with Gasteiger partial charge in [0.05, 0.1) is 17.8 Å². The van der Waals surface area contributed by atoms with E-state index in [-0.39, 0.29) is 0 Å². The van der Waals surface area contributed by atoms with Gasteiger partial charge in [-0.2, -0.15) is 5.10 Å². The number of aryl methyl sites for hydroxylation is 1. The van der Waals surface area contributed by atoms with Crippen LogP contribution in [0.4, 0.5) is 0 Å². The minimum Gasteiger partial charge on any atom is -0.495 e. The fourth-order valence-electron chi connectivity index (χ4n) is 2.24. The molecule has 4 rings (SSSR count). The number of methoxy groups -OCH3 is 1. The maximum Gasteiger partial charge on any atom is 0.212 e. The lowest BCUT2D eigenvalue weighted by molar-refractivity contribution is 0.412. The second kappa shape index (κ2) is 4.57. The van der Waals surface area contributed by atoms with Gasteiger partial charge in [0.25, 0.3) is 0 Å². The normalized spacial score (nSPS) is 11.6. The molecule has 3 heterocycles. The second-order valence-electron chi connectivity index (χ2n) is 4.61. The second-order valence-corrected chi connectivity index (χ2v) is 6.62. The molecule has 21 heavy (non-hydrogen) atoms. The number of imidazole rings is 1. The third kappa shape index (κ3) is 2.04. The molecule has 0 N–H and O–H groups in total. The molecule has 0 fully saturated rings. The van der Waals surface area contributed by atoms with E-state index in [0.717, 1.165) is 42.6 Å². The lowest BCUT2D eigenvalue weighted by atomic mass is 10.2. The molecule has 0 bridgehead atoms. The van der Waals surface area contributed by atoms with Crippen molar-refractivity contribution in [2.45, 2.75) is 6.92 Å². The molecular formula is C14H10BrN3O2S. The van der Waals surface area contributed by atoms with E-state index in [1.54, 1.807) is 23.0 Å². The number of aromatic nitrogens is 3. The van der Waals surface area contributed by atoms with E-state index in [9.17, 15) is 0 Å². The Morgan fingerprint density at radius 2 is 2.19 bits per heavy atom. The maximum atomic E-state index is 5.88. The molecule has 1 aromatic carbocycles. The van der Waals surface area contributed by atoms with Crippen LogP contribution in [0.2, 0.25) is 0 Å². The summed E-state index contributed by atoms with van der Waals surface area (Å²) in [6.07, 6.45) is 1.88. The van der Waals surface area contributed by atoms with Gasteiger partial charge in [0.2, 0.25) is 4.96 Å². The van der Waals surface area contributed by atoms with Crippen molar-refractivity contribution in [3.63, 3.8) is 0 Å². The van der Waals surface area contributed by atoms with Crippen LogP contribution in [0.1, 0.15) is 5.01 Å². The van der Waals surface area contributed by atoms with Gasteiger partial charge in [0, 0.05) is 11.5 Å². The first-order valence-corrected chi connectivity index (χ1v) is 7.85. The highest BCUT2D eigenvalue weighted by Gasteiger charge is 2.14. The Bertz CT molecular complexity index is 938. The molecule has 0 amide bonds. The molecule has 0 radical (unpaired) electrons. The summed E-state index contributed by atoms with van der Waals surface area (Å²) in [5.41, 5.74) is 1.55. The summed E-state index contributed by atoms with van der Waals surface area (Å²) in [5.74, 6) is 1.46. The van der Waals surface area contributed by atoms with E-state index in [1.165, 1.54) is 0 Å². The monoisotopic (exact) mass is 363 g/mol. The summed E-state index contributed by atoms with van der Waals surface area (Å²) in [7, 11) is 1.63. The van der Waals surface area contributed by atoms with E-state index in [0.29, 0.717) is 0 Å². The van der Waals surface area contributed by atoms with E-state index in [4.69, 9.17) is 9.15 Å². The first-order valence-electron chi connectivity index (χ1n) is 6.24. The fourth-order valence-corrected chi connectivity index (χ4v) is 3.49. The number of furan rings is 1. The van der Waals surface area contributed by atoms with Gasteiger partial charge in [-0.05, 0) is 35.0 Å². The molecule has 0 saturated carbocycles. The minimum absolute atomic E-state index is 0.723. The van der Waals surface area contributed by atoms with Crippen molar-refractivity contribution in [2.24, 2.45) is 0 Å². The zero-order chi connectivity index (χ0) is 14.6. The third-order valence-electron chi connectivity index (χ3n) is 3.19. The van der Waals surface area contributed by atoms with Crippen LogP contribution in [-0.2, 0) is 0 Å². The molecule has 0 aliphatic carbocycles. The lowest BCUT2D eigenvalue weighted by Crippen LogP contribution is -1.82. The molecule has 0 saturated heterocycles. The lowest BCUT2D eigenvalue weighted by Gasteiger charge is -2.01. The highest BCUT2D eigenvalue weighted by Crippen LogP contribution is 2.34. The number of ether oxygens (including phenoxy) is 1. The average molecular weight is 364 g/mol. The molecule has 3 aromatic heterocycles. The topological polar surface area (TPSA) is 52.6 Å². The van der Waals surface area contributed by atoms with E-state index in [1.807, 2.05) is 31.3 Å². The molecule has 0 atom stereocenters. The Labute approximate surface area is 132 Å². The summed E-state index contributed by atoms with van der Waals surface area (Å²) in [4.78, 5) is 5.41. The first-order chi connectivity index (χ1) is 10.1. The van der Waals surface area contributed by atoms with Gasteiger partial charge in [0.15, 0.2) is 5.76 Å². The number of rotatable bonds is 2. The van der Waals surface area contributed by atoms with Crippen molar-refractivity contribution in [2.75, 3.05) is 7.11 Å². The Hall–Kier alpha value is -1.86. The molecule has 0 aliphatic heterocycles. The standard InChI is InChI=1S/C14H10BrN3O2S/c1-7-17-18-6-10(16-14(18)21-7)13-4-8-3-9(15)12(19-2)5-11(8)20-13/h3-6H,1-2H3. The predicted molar refractivity (Wildman–Crippen MR) is 85.1 cm³/mol. The molecule has 4 aromatic rings. The highest BCUT2D eigenvalue weighted by atomic mass is 79.9. The summed E-state index contributed by atoms with van der Waals surface area (Å²) in [5, 5.41) is 6.34. The number of nitrogens with zero attached hydrogens (tertiary/aromatic N) is 3. The van der Waals surface area contributed by atoms with E-state index in [2.05, 4.69) is 26.0 Å². The molecular weight excluding hydrogens is 354 g/mol. The summed E-state index contributed by atoms with van der Waals surface area (Å²) in [6.45, 7) is 1.96. The number of hydrogen-bond acceptors (Lipinski definition) is 5. The zero-order valence-electron chi connectivity index (χ0n) is 11.3. The van der Waals surface area contributed by atoms with Crippen molar-refractivity contribution >= 4 is 43.2 Å². The van der Waals surface area contributed by atoms with Crippen molar-refractivity contribution in [3.8, 4) is 17.2 Å². The Kier molecular flexibility index (Phi) is 2.80. The summed E-state index contributed by atoms with van der Waals surface area (Å²) < 4.78 is 13.8. The molecule has 0 spiro atoms. The quantitative estimate of drug-likeness (QED) is 0.533. The van der Waals surface area contributed by atoms with E-state index < -0.39 is 0 Å². The fraction of sp³-hybridized carbons (Fsp3) is 0.143. The Morgan fingerprint density at radius 1 is 1.33 bits per heavy atom. The molecule has 7 heteroatoms. The highest BCUT2D eigenvalue weighted by molar-refractivity contribution is 9.10. The van der Waals surface area contributed by atoms with Crippen LogP contribution in [0.5, 0.6) is 5.75 Å². The number of halogens is 1. The van der Waals surface area contributed by atoms with Crippen LogP contribution >= 0.6 is 27.3 Å². The maximum absolute atomic E-state index is 5.88. The minimum atomic E-state index is 0.723. The predicted octanol–water partition coefficient (Wildman–Crippen LogP) is 4.28. The first kappa shape index (κ1) is 12.8. The Morgan fingerprint density at radius 3 is 2.95 bits per heavy atom.